The van der Waals surface area contributed by atoms with Crippen molar-refractivity contribution in [2.24, 2.45) is 5.73 Å². The number of primary amides is 1. The predicted octanol–water partition coefficient (Wildman–Crippen LogP) is 1.01. The number of nitrogens with two attached hydrogens (primary N) is 1. The highest BCUT2D eigenvalue weighted by molar-refractivity contribution is 7.03. The molecule has 3 amide bonds. The van der Waals surface area contributed by atoms with E-state index in [-0.39, 0.29) is 0 Å². The standard InChI is InChI=1S/C10H8N4O2S/c11-10(16)12-9(15)7-4-2-1-3-6(7)8-5-17-14-13-8/h1-5H,(H3,11,12,15,16). The van der Waals surface area contributed by atoms with Crippen LogP contribution in [0.3, 0.4) is 0 Å². The number of imide groups is 1. The number of carbonyl (C=O) groups is 2. The molecule has 0 saturated carbocycles. The molecule has 0 fully saturated rings. The smallest absolute Gasteiger partial charge is 0.319 e. The second-order valence-corrected chi connectivity index (χ2v) is 3.76. The summed E-state index contributed by atoms with van der Waals surface area (Å²) in [4.78, 5) is 22.4. The van der Waals surface area contributed by atoms with Crippen molar-refractivity contribution >= 4 is 23.5 Å². The van der Waals surface area contributed by atoms with E-state index >= 15 is 0 Å². The Balaban J connectivity index is 2.41. The first-order valence-corrected chi connectivity index (χ1v) is 5.49. The van der Waals surface area contributed by atoms with Crippen LogP contribution in [0, 0.1) is 0 Å². The number of aromatic nitrogens is 2. The molecular weight excluding hydrogens is 240 g/mol. The molecule has 0 bridgehead atoms. The summed E-state index contributed by atoms with van der Waals surface area (Å²) >= 11 is 1.18. The van der Waals surface area contributed by atoms with Crippen LogP contribution in [-0.4, -0.2) is 21.5 Å². The van der Waals surface area contributed by atoms with Gasteiger partial charge in [-0.25, -0.2) is 4.79 Å². The Labute approximate surface area is 101 Å². The van der Waals surface area contributed by atoms with Gasteiger partial charge in [-0.05, 0) is 17.6 Å². The highest BCUT2D eigenvalue weighted by Crippen LogP contribution is 2.22. The number of carbonyl (C=O) groups excluding carboxylic acids is 2. The number of hydrogen-bond donors (Lipinski definition) is 2. The van der Waals surface area contributed by atoms with Crippen molar-refractivity contribution < 1.29 is 9.59 Å². The first-order chi connectivity index (χ1) is 8.18. The average molecular weight is 248 g/mol. The van der Waals surface area contributed by atoms with Gasteiger partial charge in [0.25, 0.3) is 5.91 Å². The maximum absolute atomic E-state index is 11.7. The zero-order valence-electron chi connectivity index (χ0n) is 8.58. The second kappa shape index (κ2) is 4.71. The van der Waals surface area contributed by atoms with Crippen LogP contribution in [0.5, 0.6) is 0 Å². The van der Waals surface area contributed by atoms with Crippen molar-refractivity contribution in [1.82, 2.24) is 14.9 Å². The molecule has 0 aliphatic rings. The van der Waals surface area contributed by atoms with Crippen molar-refractivity contribution in [3.63, 3.8) is 0 Å². The Hall–Kier alpha value is -2.28. The van der Waals surface area contributed by atoms with Gasteiger partial charge in [0.1, 0.15) is 5.69 Å². The molecule has 0 aliphatic heterocycles. The molecular formula is C10H8N4O2S. The number of hydrogen-bond acceptors (Lipinski definition) is 5. The van der Waals surface area contributed by atoms with E-state index in [9.17, 15) is 9.59 Å². The fraction of sp³-hybridized carbons (Fsp3) is 0. The van der Waals surface area contributed by atoms with Crippen LogP contribution in [0.15, 0.2) is 29.6 Å². The quantitative estimate of drug-likeness (QED) is 0.828. The maximum atomic E-state index is 11.7. The summed E-state index contributed by atoms with van der Waals surface area (Å²) in [6.45, 7) is 0. The van der Waals surface area contributed by atoms with Gasteiger partial charge >= 0.3 is 6.03 Å². The maximum Gasteiger partial charge on any atom is 0.319 e. The lowest BCUT2D eigenvalue weighted by Gasteiger charge is -2.05. The minimum absolute atomic E-state index is 0.332. The molecule has 3 N–H and O–H groups in total. The molecule has 86 valence electrons. The summed E-state index contributed by atoms with van der Waals surface area (Å²) in [6, 6.07) is 5.90. The van der Waals surface area contributed by atoms with Crippen molar-refractivity contribution in [2.45, 2.75) is 0 Å². The van der Waals surface area contributed by atoms with E-state index in [0.29, 0.717) is 16.8 Å². The summed E-state index contributed by atoms with van der Waals surface area (Å²) in [5.74, 6) is -0.555. The number of nitrogens with zero attached hydrogens (tertiary/aromatic N) is 2. The lowest BCUT2D eigenvalue weighted by molar-refractivity contribution is 0.0967. The fourth-order valence-electron chi connectivity index (χ4n) is 1.37. The predicted molar refractivity (Wildman–Crippen MR) is 62.4 cm³/mol. The molecule has 2 aromatic rings. The van der Waals surface area contributed by atoms with E-state index in [2.05, 4.69) is 9.59 Å². The second-order valence-electron chi connectivity index (χ2n) is 3.15. The van der Waals surface area contributed by atoms with Crippen molar-refractivity contribution in [3.05, 3.63) is 35.2 Å². The normalized spacial score (nSPS) is 9.88. The number of rotatable bonds is 2. The van der Waals surface area contributed by atoms with Crippen LogP contribution < -0.4 is 11.1 Å². The van der Waals surface area contributed by atoms with Gasteiger partial charge in [-0.15, -0.1) is 5.10 Å². The minimum Gasteiger partial charge on any atom is -0.351 e. The van der Waals surface area contributed by atoms with Crippen LogP contribution in [0.4, 0.5) is 4.79 Å². The third-order valence-corrected chi connectivity index (χ3v) is 2.55. The molecule has 0 saturated heterocycles. The first kappa shape index (κ1) is 11.2. The molecule has 0 spiro atoms. The summed E-state index contributed by atoms with van der Waals surface area (Å²) in [5.41, 5.74) is 6.43. The topological polar surface area (TPSA) is 98.0 Å². The lowest BCUT2D eigenvalue weighted by atomic mass is 10.0. The van der Waals surface area contributed by atoms with Gasteiger partial charge < -0.3 is 5.73 Å². The zero-order chi connectivity index (χ0) is 12.3. The van der Waals surface area contributed by atoms with Gasteiger partial charge in [-0.2, -0.15) is 0 Å². The van der Waals surface area contributed by atoms with E-state index in [4.69, 9.17) is 5.73 Å². The first-order valence-electron chi connectivity index (χ1n) is 4.65. The Morgan fingerprint density at radius 3 is 2.71 bits per heavy atom. The minimum atomic E-state index is -0.888. The number of nitrogens with one attached hydrogen (secondary N) is 1. The van der Waals surface area contributed by atoms with E-state index in [1.807, 2.05) is 5.32 Å². The highest BCUT2D eigenvalue weighted by atomic mass is 32.1. The zero-order valence-corrected chi connectivity index (χ0v) is 9.40. The summed E-state index contributed by atoms with van der Waals surface area (Å²) in [7, 11) is 0. The van der Waals surface area contributed by atoms with E-state index < -0.39 is 11.9 Å². The SMILES string of the molecule is NC(=O)NC(=O)c1ccccc1-c1csnn1. The van der Waals surface area contributed by atoms with Crippen LogP contribution >= 0.6 is 11.5 Å². The molecule has 1 aromatic heterocycles. The summed E-state index contributed by atoms with van der Waals surface area (Å²) in [6.07, 6.45) is 0. The van der Waals surface area contributed by atoms with Crippen molar-refractivity contribution in [3.8, 4) is 11.3 Å². The molecule has 1 aromatic carbocycles. The molecule has 1 heterocycles. The largest absolute Gasteiger partial charge is 0.351 e. The fourth-order valence-corrected chi connectivity index (χ4v) is 1.82. The lowest BCUT2D eigenvalue weighted by Crippen LogP contribution is -2.35. The van der Waals surface area contributed by atoms with E-state index in [1.165, 1.54) is 11.5 Å². The van der Waals surface area contributed by atoms with Gasteiger partial charge in [0.15, 0.2) is 0 Å². The Kier molecular flexibility index (Phi) is 3.10. The third kappa shape index (κ3) is 2.45. The van der Waals surface area contributed by atoms with Crippen LogP contribution in [0.1, 0.15) is 10.4 Å². The average Bonchev–Trinajstić information content (AvgIpc) is 2.81. The molecule has 7 heteroatoms. The molecule has 0 atom stereocenters. The molecule has 6 nitrogen and oxygen atoms in total. The summed E-state index contributed by atoms with van der Waals surface area (Å²) < 4.78 is 3.73. The number of amides is 3. The van der Waals surface area contributed by atoms with Gasteiger partial charge in [0.2, 0.25) is 0 Å². The Bertz CT molecular complexity index is 553. The monoisotopic (exact) mass is 248 g/mol. The molecule has 0 unspecified atom stereocenters. The van der Waals surface area contributed by atoms with Crippen molar-refractivity contribution in [1.29, 1.82) is 0 Å². The highest BCUT2D eigenvalue weighted by Gasteiger charge is 2.14. The number of benzene rings is 1. The van der Waals surface area contributed by atoms with E-state index in [1.54, 1.807) is 29.6 Å². The van der Waals surface area contributed by atoms with Crippen LogP contribution in [0.2, 0.25) is 0 Å². The van der Waals surface area contributed by atoms with Gasteiger partial charge in [0, 0.05) is 16.5 Å². The molecule has 0 aliphatic carbocycles. The van der Waals surface area contributed by atoms with Gasteiger partial charge in [-0.3, -0.25) is 10.1 Å². The summed E-state index contributed by atoms with van der Waals surface area (Å²) in [5, 5.41) is 7.62. The van der Waals surface area contributed by atoms with Gasteiger partial charge in [-0.1, -0.05) is 22.7 Å². The molecule has 2 rings (SSSR count). The molecule has 0 radical (unpaired) electrons. The Morgan fingerprint density at radius 1 is 1.29 bits per heavy atom. The van der Waals surface area contributed by atoms with Crippen LogP contribution in [-0.2, 0) is 0 Å². The van der Waals surface area contributed by atoms with Crippen molar-refractivity contribution in [2.75, 3.05) is 0 Å². The van der Waals surface area contributed by atoms with Gasteiger partial charge in [0.05, 0.1) is 0 Å². The molecule has 17 heavy (non-hydrogen) atoms. The number of urea groups is 1. The third-order valence-electron chi connectivity index (χ3n) is 2.04. The van der Waals surface area contributed by atoms with Crippen LogP contribution in [0.25, 0.3) is 11.3 Å². The Morgan fingerprint density at radius 2 is 2.06 bits per heavy atom. The van der Waals surface area contributed by atoms with E-state index in [0.717, 1.165) is 0 Å².